The molecule has 0 aliphatic heterocycles. The molecule has 4 nitrogen and oxygen atoms in total. The van der Waals surface area contributed by atoms with Crippen molar-refractivity contribution in [3.8, 4) is 0 Å². The number of halogens is 1. The molecule has 0 heterocycles. The van der Waals surface area contributed by atoms with Crippen LogP contribution >= 0.6 is 11.6 Å². The van der Waals surface area contributed by atoms with E-state index in [1.165, 1.54) is 0 Å². The maximum atomic E-state index is 5.89. The molecule has 5 N–H and O–H groups in total. The van der Waals surface area contributed by atoms with Gasteiger partial charge in [-0.25, -0.2) is 0 Å². The molecule has 0 radical (unpaired) electrons. The fourth-order valence-electron chi connectivity index (χ4n) is 0.858. The van der Waals surface area contributed by atoms with E-state index >= 15 is 0 Å². The molecule has 0 bridgehead atoms. The Morgan fingerprint density at radius 2 is 2.08 bits per heavy atom. The Morgan fingerprint density at radius 1 is 1.38 bits per heavy atom. The van der Waals surface area contributed by atoms with Gasteiger partial charge in [-0.05, 0) is 11.6 Å². The van der Waals surface area contributed by atoms with Crippen LogP contribution in [0.15, 0.2) is 29.4 Å². The Bertz CT molecular complexity index is 307. The Balaban J connectivity index is 2.55. The van der Waals surface area contributed by atoms with Crippen LogP contribution in [0.2, 0.25) is 5.02 Å². The normalized spacial score (nSPS) is 9.31. The van der Waals surface area contributed by atoms with Gasteiger partial charge in [0.2, 0.25) is 5.96 Å². The van der Waals surface area contributed by atoms with Crippen LogP contribution in [-0.2, 0) is 6.54 Å². The van der Waals surface area contributed by atoms with E-state index in [1.807, 2.05) is 24.3 Å². The van der Waals surface area contributed by atoms with Crippen LogP contribution in [0.25, 0.3) is 0 Å². The largest absolute Gasteiger partial charge is 0.369 e. The highest BCUT2D eigenvalue weighted by Crippen LogP contribution is 2.13. The topological polar surface area (TPSA) is 76.4 Å². The van der Waals surface area contributed by atoms with E-state index in [0.29, 0.717) is 11.6 Å². The first-order chi connectivity index (χ1) is 6.20. The molecule has 0 aliphatic rings. The molecule has 0 spiro atoms. The van der Waals surface area contributed by atoms with Gasteiger partial charge in [0.25, 0.3) is 0 Å². The first-order valence-corrected chi connectivity index (χ1v) is 4.13. The summed E-state index contributed by atoms with van der Waals surface area (Å²) in [4.78, 5) is 0. The molecule has 0 fully saturated rings. The lowest BCUT2D eigenvalue weighted by molar-refractivity contribution is 0.741. The number of benzene rings is 1. The van der Waals surface area contributed by atoms with Crippen molar-refractivity contribution in [2.75, 3.05) is 0 Å². The molecule has 0 saturated carbocycles. The summed E-state index contributed by atoms with van der Waals surface area (Å²) in [5.41, 5.74) is 13.9. The van der Waals surface area contributed by atoms with E-state index in [0.717, 1.165) is 5.56 Å². The summed E-state index contributed by atoms with van der Waals surface area (Å²) in [7, 11) is 0. The van der Waals surface area contributed by atoms with Crippen LogP contribution in [0.4, 0.5) is 0 Å². The molecule has 1 aromatic carbocycles. The number of nitrogens with zero attached hydrogens (tertiary/aromatic N) is 1. The molecule has 70 valence electrons. The Labute approximate surface area is 81.6 Å². The average Bonchev–Trinajstić information content (AvgIpc) is 2.08. The Morgan fingerprint density at radius 3 is 2.69 bits per heavy atom. The van der Waals surface area contributed by atoms with Gasteiger partial charge < -0.3 is 16.9 Å². The number of nitrogens with two attached hydrogens (primary N) is 2. The standard InChI is InChI=1S/C8H11ClN4/c9-7-4-2-1-3-6(7)5-12-13-8(10)11/h1-4,12H,5H2,(H4,10,11,13). The third-order valence-corrected chi connectivity index (χ3v) is 1.80. The maximum Gasteiger partial charge on any atom is 0.208 e. The summed E-state index contributed by atoms with van der Waals surface area (Å²) in [5.74, 6) is 0.00653. The second kappa shape index (κ2) is 4.57. The Kier molecular flexibility index (Phi) is 3.40. The predicted molar refractivity (Wildman–Crippen MR) is 54.1 cm³/mol. The molecule has 0 atom stereocenters. The van der Waals surface area contributed by atoms with Gasteiger partial charge in [-0.3, -0.25) is 0 Å². The Hall–Kier alpha value is -1.42. The van der Waals surface area contributed by atoms with Crippen LogP contribution in [0.3, 0.4) is 0 Å². The van der Waals surface area contributed by atoms with Crippen molar-refractivity contribution in [3.05, 3.63) is 34.9 Å². The number of hydrogen-bond acceptors (Lipinski definition) is 2. The summed E-state index contributed by atoms with van der Waals surface area (Å²) in [6.45, 7) is 0.511. The lowest BCUT2D eigenvalue weighted by atomic mass is 10.2. The van der Waals surface area contributed by atoms with Crippen molar-refractivity contribution >= 4 is 17.6 Å². The molecule has 1 aromatic rings. The van der Waals surface area contributed by atoms with Gasteiger partial charge in [0.15, 0.2) is 0 Å². The van der Waals surface area contributed by atoms with Crippen LogP contribution in [0.1, 0.15) is 5.56 Å². The minimum Gasteiger partial charge on any atom is -0.369 e. The fourth-order valence-corrected chi connectivity index (χ4v) is 1.06. The second-order valence-electron chi connectivity index (χ2n) is 2.46. The van der Waals surface area contributed by atoms with Crippen LogP contribution in [0, 0.1) is 0 Å². The van der Waals surface area contributed by atoms with E-state index in [-0.39, 0.29) is 5.96 Å². The first kappa shape index (κ1) is 9.67. The van der Waals surface area contributed by atoms with Gasteiger partial charge in [-0.2, -0.15) is 0 Å². The summed E-state index contributed by atoms with van der Waals surface area (Å²) in [6, 6.07) is 7.48. The second-order valence-corrected chi connectivity index (χ2v) is 2.87. The zero-order chi connectivity index (χ0) is 9.68. The van der Waals surface area contributed by atoms with Crippen molar-refractivity contribution in [2.24, 2.45) is 16.6 Å². The van der Waals surface area contributed by atoms with Crippen molar-refractivity contribution < 1.29 is 0 Å². The summed E-state index contributed by atoms with van der Waals surface area (Å²) in [6.07, 6.45) is 0. The minimum atomic E-state index is 0.00653. The molecular weight excluding hydrogens is 188 g/mol. The highest BCUT2D eigenvalue weighted by molar-refractivity contribution is 6.31. The molecule has 0 saturated heterocycles. The number of hydrazone groups is 1. The number of rotatable bonds is 3. The van der Waals surface area contributed by atoms with Crippen LogP contribution in [-0.4, -0.2) is 5.96 Å². The molecule has 0 aliphatic carbocycles. The molecule has 13 heavy (non-hydrogen) atoms. The van der Waals surface area contributed by atoms with Gasteiger partial charge in [0.1, 0.15) is 0 Å². The SMILES string of the molecule is NC(N)=NNCc1ccccc1Cl. The highest BCUT2D eigenvalue weighted by atomic mass is 35.5. The van der Waals surface area contributed by atoms with Crippen molar-refractivity contribution in [1.29, 1.82) is 0 Å². The van der Waals surface area contributed by atoms with Crippen molar-refractivity contribution in [2.45, 2.75) is 6.54 Å². The third-order valence-electron chi connectivity index (χ3n) is 1.44. The number of hydrogen-bond donors (Lipinski definition) is 3. The molecule has 5 heteroatoms. The average molecular weight is 199 g/mol. The van der Waals surface area contributed by atoms with Crippen molar-refractivity contribution in [1.82, 2.24) is 5.43 Å². The van der Waals surface area contributed by atoms with Gasteiger partial charge in [0, 0.05) is 5.02 Å². The fraction of sp³-hybridized carbons (Fsp3) is 0.125. The molecule has 0 unspecified atom stereocenters. The predicted octanol–water partition coefficient (Wildman–Crippen LogP) is 0.618. The van der Waals surface area contributed by atoms with Gasteiger partial charge in [-0.1, -0.05) is 29.8 Å². The zero-order valence-electron chi connectivity index (χ0n) is 7.00. The van der Waals surface area contributed by atoms with Gasteiger partial charge >= 0.3 is 0 Å². The number of guanidine groups is 1. The number of nitrogens with one attached hydrogen (secondary N) is 1. The zero-order valence-corrected chi connectivity index (χ0v) is 7.75. The van der Waals surface area contributed by atoms with Crippen LogP contribution < -0.4 is 16.9 Å². The molecule has 0 amide bonds. The first-order valence-electron chi connectivity index (χ1n) is 3.75. The van der Waals surface area contributed by atoms with E-state index < -0.39 is 0 Å². The van der Waals surface area contributed by atoms with Crippen LogP contribution in [0.5, 0.6) is 0 Å². The van der Waals surface area contributed by atoms with E-state index in [9.17, 15) is 0 Å². The van der Waals surface area contributed by atoms with Gasteiger partial charge in [-0.15, -0.1) is 5.10 Å². The third kappa shape index (κ3) is 3.21. The molecular formula is C8H11ClN4. The van der Waals surface area contributed by atoms with Crippen molar-refractivity contribution in [3.63, 3.8) is 0 Å². The summed E-state index contributed by atoms with van der Waals surface area (Å²) >= 11 is 5.89. The quantitative estimate of drug-likeness (QED) is 0.379. The summed E-state index contributed by atoms with van der Waals surface area (Å²) in [5, 5.41) is 4.32. The smallest absolute Gasteiger partial charge is 0.208 e. The summed E-state index contributed by atoms with van der Waals surface area (Å²) < 4.78 is 0. The monoisotopic (exact) mass is 198 g/mol. The van der Waals surface area contributed by atoms with E-state index in [4.69, 9.17) is 23.1 Å². The lowest BCUT2D eigenvalue weighted by Crippen LogP contribution is -2.26. The molecule has 1 rings (SSSR count). The molecule has 0 aromatic heterocycles. The maximum absolute atomic E-state index is 5.89. The van der Waals surface area contributed by atoms with E-state index in [1.54, 1.807) is 0 Å². The highest BCUT2D eigenvalue weighted by Gasteiger charge is 1.96. The van der Waals surface area contributed by atoms with Gasteiger partial charge in [0.05, 0.1) is 6.54 Å². The lowest BCUT2D eigenvalue weighted by Gasteiger charge is -2.02. The van der Waals surface area contributed by atoms with E-state index in [2.05, 4.69) is 10.5 Å². The minimum absolute atomic E-state index is 0.00653.